The number of imide groups is 1. The predicted octanol–water partition coefficient (Wildman–Crippen LogP) is 4.13. The smallest absolute Gasteiger partial charge is 0.253 e. The van der Waals surface area contributed by atoms with Crippen LogP contribution >= 0.6 is 0 Å². The summed E-state index contributed by atoms with van der Waals surface area (Å²) in [5.41, 5.74) is 7.55. The van der Waals surface area contributed by atoms with Crippen LogP contribution in [0.1, 0.15) is 99.5 Å². The molecule has 13 nitrogen and oxygen atoms in total. The Morgan fingerprint density at radius 1 is 0.893 bits per heavy atom. The standard InChI is InChI=1S/C43H63N7O6/c1-26(2)33(48-41(56)37(42(4,5)6)49-40(55)36(44)43(7,8)31-24-47-32-14-10-9-13-30(31)32)23-27(3)38(53)45-21-11-12-22-46-39(54)29-17-15-28(16-18-29)25-50-34(51)19-20-35(50)52/h9-10,13-14,19-20,23-24,26,28-29,33,36-37,47H,11-12,15-18,21-22,25,44H2,1-8H3,(H,45,53)(H,46,54)(H,48,56)(H,49,55)/b27-23+/t28?,29?,33-,36-,37-/m1/s1. The van der Waals surface area contributed by atoms with Gasteiger partial charge in [-0.3, -0.25) is 33.7 Å². The van der Waals surface area contributed by atoms with E-state index >= 15 is 0 Å². The summed E-state index contributed by atoms with van der Waals surface area (Å²) in [7, 11) is 0. The maximum atomic E-state index is 13.8. The molecule has 2 heterocycles. The molecular weight excluding hydrogens is 711 g/mol. The highest BCUT2D eigenvalue weighted by molar-refractivity contribution is 6.12. The minimum absolute atomic E-state index is 0.0217. The lowest BCUT2D eigenvalue weighted by molar-refractivity contribution is -0.138. The first-order chi connectivity index (χ1) is 26.3. The van der Waals surface area contributed by atoms with E-state index in [0.29, 0.717) is 38.0 Å². The number of nitrogens with zero attached hydrogens (tertiary/aromatic N) is 1. The van der Waals surface area contributed by atoms with E-state index in [-0.39, 0.29) is 47.3 Å². The largest absolute Gasteiger partial charge is 0.361 e. The van der Waals surface area contributed by atoms with Gasteiger partial charge in [-0.05, 0) is 74.3 Å². The number of carbonyl (C=O) groups excluding carboxylic acids is 6. The topological polar surface area (TPSA) is 196 Å². The molecule has 0 spiro atoms. The first-order valence-corrected chi connectivity index (χ1v) is 20.0. The first-order valence-electron chi connectivity index (χ1n) is 20.0. The fraction of sp³-hybridized carbons (Fsp3) is 0.581. The third-order valence-electron chi connectivity index (χ3n) is 11.3. The number of H-pyrrole nitrogens is 1. The summed E-state index contributed by atoms with van der Waals surface area (Å²) < 4.78 is 0. The molecular formula is C43H63N7O6. The van der Waals surface area contributed by atoms with Crippen molar-refractivity contribution in [3.05, 3.63) is 59.8 Å². The van der Waals surface area contributed by atoms with Crippen molar-refractivity contribution in [2.24, 2.45) is 28.9 Å². The minimum atomic E-state index is -0.945. The molecule has 1 aliphatic heterocycles. The Bertz CT molecular complexity index is 1790. The van der Waals surface area contributed by atoms with Gasteiger partial charge in [0.25, 0.3) is 11.8 Å². The van der Waals surface area contributed by atoms with Gasteiger partial charge in [-0.2, -0.15) is 0 Å². The number of nitrogens with one attached hydrogen (secondary N) is 5. The van der Waals surface area contributed by atoms with Crippen LogP contribution in [0.3, 0.4) is 0 Å². The molecule has 306 valence electrons. The second-order valence-corrected chi connectivity index (χ2v) is 17.5. The molecule has 13 heteroatoms. The van der Waals surface area contributed by atoms with Crippen LogP contribution in [-0.4, -0.2) is 83.1 Å². The summed E-state index contributed by atoms with van der Waals surface area (Å²) in [5.74, 6) is -1.46. The Morgan fingerprint density at radius 2 is 1.50 bits per heavy atom. The molecule has 0 saturated heterocycles. The van der Waals surface area contributed by atoms with Gasteiger partial charge in [-0.15, -0.1) is 0 Å². The average molecular weight is 774 g/mol. The van der Waals surface area contributed by atoms with Crippen molar-refractivity contribution in [3.63, 3.8) is 0 Å². The zero-order valence-electron chi connectivity index (χ0n) is 34.4. The Balaban J connectivity index is 1.21. The molecule has 4 rings (SSSR count). The number of unbranched alkanes of at least 4 members (excludes halogenated alkanes) is 1. The van der Waals surface area contributed by atoms with E-state index in [4.69, 9.17) is 5.73 Å². The molecule has 3 atom stereocenters. The first kappa shape index (κ1) is 43.9. The molecule has 2 aliphatic rings. The SMILES string of the molecule is C/C(=C\[C@@H](NC(=O)[C@@H](NC(=O)[C@@H](N)C(C)(C)c1c[nH]c2ccccc12)C(C)(C)C)C(C)C)C(=O)NCCCCNC(=O)C1CCC(CN2C(=O)C=CC2=O)CC1. The molecule has 2 aromatic rings. The normalized spacial score (nSPS) is 19.5. The van der Waals surface area contributed by atoms with Gasteiger partial charge in [0, 0.05) is 65.8 Å². The van der Waals surface area contributed by atoms with Gasteiger partial charge in [-0.1, -0.05) is 72.7 Å². The van der Waals surface area contributed by atoms with Crippen LogP contribution in [-0.2, 0) is 34.2 Å². The molecule has 1 aromatic heterocycles. The number of rotatable bonds is 17. The van der Waals surface area contributed by atoms with Gasteiger partial charge in [0.05, 0.1) is 12.1 Å². The summed E-state index contributed by atoms with van der Waals surface area (Å²) in [6.45, 7) is 16.4. The second-order valence-electron chi connectivity index (χ2n) is 17.5. The zero-order valence-corrected chi connectivity index (χ0v) is 34.4. The molecule has 6 amide bonds. The van der Waals surface area contributed by atoms with Crippen LogP contribution in [0.4, 0.5) is 0 Å². The van der Waals surface area contributed by atoms with Gasteiger partial charge >= 0.3 is 0 Å². The van der Waals surface area contributed by atoms with Crippen molar-refractivity contribution in [1.29, 1.82) is 0 Å². The quantitative estimate of drug-likeness (QED) is 0.0790. The van der Waals surface area contributed by atoms with Gasteiger partial charge < -0.3 is 32.0 Å². The van der Waals surface area contributed by atoms with Crippen LogP contribution in [0, 0.1) is 23.2 Å². The molecule has 7 N–H and O–H groups in total. The molecule has 1 aliphatic carbocycles. The van der Waals surface area contributed by atoms with E-state index in [2.05, 4.69) is 26.3 Å². The fourth-order valence-electron chi connectivity index (χ4n) is 7.42. The summed E-state index contributed by atoms with van der Waals surface area (Å²) in [6.07, 6.45) is 10.6. The van der Waals surface area contributed by atoms with E-state index in [1.165, 1.54) is 17.1 Å². The molecule has 0 bridgehead atoms. The number of fused-ring (bicyclic) bond motifs is 1. The van der Waals surface area contributed by atoms with Crippen LogP contribution in [0.2, 0.25) is 0 Å². The number of hydrogen-bond donors (Lipinski definition) is 6. The molecule has 0 radical (unpaired) electrons. The highest BCUT2D eigenvalue weighted by Crippen LogP contribution is 2.33. The highest BCUT2D eigenvalue weighted by atomic mass is 16.2. The van der Waals surface area contributed by atoms with E-state index in [1.807, 2.05) is 78.9 Å². The lowest BCUT2D eigenvalue weighted by Gasteiger charge is -2.36. The lowest BCUT2D eigenvalue weighted by atomic mass is 9.77. The third kappa shape index (κ3) is 11.2. The predicted molar refractivity (Wildman–Crippen MR) is 218 cm³/mol. The number of hydrogen-bond acceptors (Lipinski definition) is 7. The number of amides is 6. The zero-order chi connectivity index (χ0) is 41.4. The Labute approximate surface area is 331 Å². The Morgan fingerprint density at radius 3 is 2.11 bits per heavy atom. The summed E-state index contributed by atoms with van der Waals surface area (Å²) in [4.78, 5) is 81.5. The van der Waals surface area contributed by atoms with Crippen LogP contribution < -0.4 is 27.0 Å². The minimum Gasteiger partial charge on any atom is -0.361 e. The molecule has 1 fully saturated rings. The van der Waals surface area contributed by atoms with Gasteiger partial charge in [0.2, 0.25) is 23.6 Å². The lowest BCUT2D eigenvalue weighted by Crippen LogP contribution is -2.61. The van der Waals surface area contributed by atoms with Crippen LogP contribution in [0.15, 0.2) is 54.3 Å². The fourth-order valence-corrected chi connectivity index (χ4v) is 7.42. The molecule has 1 saturated carbocycles. The molecule has 1 aromatic carbocycles. The van der Waals surface area contributed by atoms with Gasteiger partial charge in [-0.25, -0.2) is 0 Å². The number of aromatic amines is 1. The van der Waals surface area contributed by atoms with Gasteiger partial charge in [0.1, 0.15) is 6.04 Å². The van der Waals surface area contributed by atoms with Crippen LogP contribution in [0.25, 0.3) is 10.9 Å². The Hall–Kier alpha value is -4.78. The number of para-hydroxylation sites is 1. The molecule has 0 unspecified atom stereocenters. The Kier molecular flexibility index (Phi) is 14.8. The number of benzene rings is 1. The van der Waals surface area contributed by atoms with Crippen molar-refractivity contribution in [2.45, 2.75) is 117 Å². The van der Waals surface area contributed by atoms with E-state index in [9.17, 15) is 28.8 Å². The van der Waals surface area contributed by atoms with Crippen molar-refractivity contribution in [3.8, 4) is 0 Å². The van der Waals surface area contributed by atoms with E-state index < -0.39 is 34.9 Å². The third-order valence-corrected chi connectivity index (χ3v) is 11.3. The number of carbonyl (C=O) groups is 6. The summed E-state index contributed by atoms with van der Waals surface area (Å²) in [6, 6.07) is 5.53. The maximum Gasteiger partial charge on any atom is 0.253 e. The summed E-state index contributed by atoms with van der Waals surface area (Å²) in [5, 5.41) is 12.9. The number of nitrogens with two attached hydrogens (primary N) is 1. The van der Waals surface area contributed by atoms with Gasteiger partial charge in [0.15, 0.2) is 0 Å². The van der Waals surface area contributed by atoms with Crippen molar-refractivity contribution >= 4 is 46.3 Å². The monoisotopic (exact) mass is 773 g/mol. The van der Waals surface area contributed by atoms with Crippen molar-refractivity contribution < 1.29 is 28.8 Å². The second kappa shape index (κ2) is 18.9. The maximum absolute atomic E-state index is 13.8. The van der Waals surface area contributed by atoms with Crippen molar-refractivity contribution in [1.82, 2.24) is 31.2 Å². The van der Waals surface area contributed by atoms with E-state index in [0.717, 1.165) is 42.1 Å². The highest BCUT2D eigenvalue weighted by Gasteiger charge is 2.40. The van der Waals surface area contributed by atoms with Crippen LogP contribution in [0.5, 0.6) is 0 Å². The van der Waals surface area contributed by atoms with Crippen molar-refractivity contribution in [2.75, 3.05) is 19.6 Å². The average Bonchev–Trinajstić information content (AvgIpc) is 3.73. The molecule has 56 heavy (non-hydrogen) atoms. The van der Waals surface area contributed by atoms with E-state index in [1.54, 1.807) is 13.0 Å². The number of aromatic nitrogens is 1. The summed E-state index contributed by atoms with van der Waals surface area (Å²) >= 11 is 0.